The molecule has 1 saturated heterocycles. The fraction of sp³-hybridized carbons (Fsp3) is 0.696. The highest BCUT2D eigenvalue weighted by atomic mass is 16.5. The number of piperidine rings is 1. The van der Waals surface area contributed by atoms with E-state index < -0.39 is 0 Å². The normalized spacial score (nSPS) is 21.9. The molecule has 2 aliphatic carbocycles. The topological polar surface area (TPSA) is 58.1 Å². The molecule has 0 bridgehead atoms. The van der Waals surface area contributed by atoms with Crippen LogP contribution in [0.1, 0.15) is 56.9 Å². The third-order valence-corrected chi connectivity index (χ3v) is 6.47. The third-order valence-electron chi connectivity index (χ3n) is 6.47. The van der Waals surface area contributed by atoms with Crippen molar-refractivity contribution in [2.45, 2.75) is 76.1 Å². The second-order valence-corrected chi connectivity index (χ2v) is 8.61. The van der Waals surface area contributed by atoms with E-state index in [9.17, 15) is 0 Å². The number of guanidine groups is 1. The molecule has 3 fully saturated rings. The molecular weight excluding hydrogens is 364 g/mol. The molecule has 3 aliphatic rings. The van der Waals surface area contributed by atoms with E-state index in [1.54, 1.807) is 7.11 Å². The molecule has 4 rings (SSSR count). The lowest BCUT2D eigenvalue weighted by atomic mass is 10.1. The molecule has 1 aliphatic heterocycles. The summed E-state index contributed by atoms with van der Waals surface area (Å²) in [5.41, 5.74) is 1.14. The van der Waals surface area contributed by atoms with Gasteiger partial charge in [0.15, 0.2) is 5.96 Å². The van der Waals surface area contributed by atoms with E-state index in [1.807, 2.05) is 19.2 Å². The average Bonchev–Trinajstić information content (AvgIpc) is 3.49. The van der Waals surface area contributed by atoms with Gasteiger partial charge in [-0.25, -0.2) is 0 Å². The van der Waals surface area contributed by atoms with Crippen LogP contribution in [-0.2, 0) is 6.54 Å². The van der Waals surface area contributed by atoms with Crippen molar-refractivity contribution in [3.8, 4) is 11.5 Å². The molecule has 160 valence electrons. The van der Waals surface area contributed by atoms with Crippen LogP contribution in [0.5, 0.6) is 11.5 Å². The summed E-state index contributed by atoms with van der Waals surface area (Å²) in [5, 5.41) is 7.10. The molecule has 6 heteroatoms. The fourth-order valence-electron chi connectivity index (χ4n) is 4.52. The second-order valence-electron chi connectivity index (χ2n) is 8.61. The van der Waals surface area contributed by atoms with E-state index >= 15 is 0 Å². The lowest BCUT2D eigenvalue weighted by molar-refractivity contribution is 0.197. The number of methoxy groups -OCH3 is 1. The van der Waals surface area contributed by atoms with E-state index in [2.05, 4.69) is 26.6 Å². The van der Waals surface area contributed by atoms with E-state index in [0.717, 1.165) is 41.9 Å². The zero-order valence-corrected chi connectivity index (χ0v) is 18.0. The van der Waals surface area contributed by atoms with Gasteiger partial charge in [0.25, 0.3) is 0 Å². The average molecular weight is 401 g/mol. The minimum Gasteiger partial charge on any atom is -0.497 e. The predicted octanol–water partition coefficient (Wildman–Crippen LogP) is 3.31. The summed E-state index contributed by atoms with van der Waals surface area (Å²) >= 11 is 0. The molecule has 29 heavy (non-hydrogen) atoms. The smallest absolute Gasteiger partial charge is 0.191 e. The number of benzene rings is 1. The van der Waals surface area contributed by atoms with Crippen LogP contribution in [0.3, 0.4) is 0 Å². The Morgan fingerprint density at radius 1 is 1.10 bits per heavy atom. The summed E-state index contributed by atoms with van der Waals surface area (Å²) in [7, 11) is 3.55. The van der Waals surface area contributed by atoms with Crippen LogP contribution in [-0.4, -0.2) is 56.3 Å². The van der Waals surface area contributed by atoms with Crippen molar-refractivity contribution in [2.75, 3.05) is 27.2 Å². The Hall–Kier alpha value is -1.95. The number of aliphatic imine (C=N–C) groups is 1. The molecule has 1 heterocycles. The Labute approximate surface area is 175 Å². The van der Waals surface area contributed by atoms with Crippen LogP contribution in [0.2, 0.25) is 0 Å². The first-order valence-corrected chi connectivity index (χ1v) is 11.3. The van der Waals surface area contributed by atoms with Crippen molar-refractivity contribution in [1.82, 2.24) is 15.5 Å². The van der Waals surface area contributed by atoms with Gasteiger partial charge in [0, 0.05) is 50.4 Å². The monoisotopic (exact) mass is 400 g/mol. The first-order chi connectivity index (χ1) is 14.2. The molecule has 0 unspecified atom stereocenters. The zero-order valence-electron chi connectivity index (χ0n) is 18.0. The quantitative estimate of drug-likeness (QED) is 0.543. The summed E-state index contributed by atoms with van der Waals surface area (Å²) < 4.78 is 11.7. The molecule has 0 atom stereocenters. The van der Waals surface area contributed by atoms with Crippen molar-refractivity contribution in [1.29, 1.82) is 0 Å². The van der Waals surface area contributed by atoms with Gasteiger partial charge in [-0.15, -0.1) is 0 Å². The molecule has 2 saturated carbocycles. The number of nitrogens with zero attached hydrogens (tertiary/aromatic N) is 2. The SMILES string of the molecule is CN=C(NCc1ccc(OC)cc1OC1CCCC1)NC1CCN(C2CC2)CC1. The van der Waals surface area contributed by atoms with Crippen LogP contribution in [0.4, 0.5) is 0 Å². The largest absolute Gasteiger partial charge is 0.497 e. The van der Waals surface area contributed by atoms with E-state index in [1.165, 1.54) is 51.6 Å². The summed E-state index contributed by atoms with van der Waals surface area (Å²) in [5.74, 6) is 2.64. The number of ether oxygens (including phenoxy) is 2. The Bertz CT molecular complexity index is 690. The third kappa shape index (κ3) is 5.56. The van der Waals surface area contributed by atoms with Gasteiger partial charge in [0.2, 0.25) is 0 Å². The maximum absolute atomic E-state index is 6.32. The van der Waals surface area contributed by atoms with Gasteiger partial charge in [0.1, 0.15) is 11.5 Å². The molecule has 2 N–H and O–H groups in total. The molecule has 0 radical (unpaired) electrons. The lowest BCUT2D eigenvalue weighted by Gasteiger charge is -2.33. The first kappa shape index (κ1) is 20.3. The number of rotatable bonds is 7. The van der Waals surface area contributed by atoms with Crippen LogP contribution in [0.25, 0.3) is 0 Å². The standard InChI is InChI=1S/C23H36N4O2/c1-24-23(26-18-11-13-27(14-12-18)19-8-9-19)25-16-17-7-10-21(28-2)15-22(17)29-20-5-3-4-6-20/h7,10,15,18-20H,3-6,8-9,11-14,16H2,1-2H3,(H2,24,25,26). The summed E-state index contributed by atoms with van der Waals surface area (Å²) in [4.78, 5) is 7.10. The molecule has 1 aromatic rings. The number of nitrogens with one attached hydrogen (secondary N) is 2. The maximum atomic E-state index is 6.32. The Kier molecular flexibility index (Phi) is 6.80. The van der Waals surface area contributed by atoms with Gasteiger partial charge in [-0.1, -0.05) is 0 Å². The van der Waals surface area contributed by atoms with Crippen LogP contribution >= 0.6 is 0 Å². The van der Waals surface area contributed by atoms with Crippen molar-refractivity contribution in [2.24, 2.45) is 4.99 Å². The van der Waals surface area contributed by atoms with E-state index in [0.29, 0.717) is 18.7 Å². The molecule has 0 amide bonds. The molecule has 1 aromatic carbocycles. The summed E-state index contributed by atoms with van der Waals surface area (Å²) in [6, 6.07) is 7.49. The predicted molar refractivity (Wildman–Crippen MR) is 117 cm³/mol. The highest BCUT2D eigenvalue weighted by Crippen LogP contribution is 2.30. The lowest BCUT2D eigenvalue weighted by Crippen LogP contribution is -2.48. The minimum absolute atomic E-state index is 0.329. The van der Waals surface area contributed by atoms with Crippen LogP contribution in [0.15, 0.2) is 23.2 Å². The van der Waals surface area contributed by atoms with Gasteiger partial charge in [-0.05, 0) is 63.5 Å². The van der Waals surface area contributed by atoms with Crippen molar-refractivity contribution < 1.29 is 9.47 Å². The van der Waals surface area contributed by atoms with E-state index in [-0.39, 0.29) is 0 Å². The Morgan fingerprint density at radius 3 is 2.52 bits per heavy atom. The van der Waals surface area contributed by atoms with Crippen molar-refractivity contribution in [3.05, 3.63) is 23.8 Å². The van der Waals surface area contributed by atoms with Gasteiger partial charge in [0.05, 0.1) is 13.2 Å². The van der Waals surface area contributed by atoms with Crippen LogP contribution in [0, 0.1) is 0 Å². The molecular formula is C23H36N4O2. The fourth-order valence-corrected chi connectivity index (χ4v) is 4.52. The summed E-state index contributed by atoms with van der Waals surface area (Å²) in [6.07, 6.45) is 10.3. The second kappa shape index (κ2) is 9.70. The zero-order chi connectivity index (χ0) is 20.1. The maximum Gasteiger partial charge on any atom is 0.191 e. The highest BCUT2D eigenvalue weighted by Gasteiger charge is 2.31. The first-order valence-electron chi connectivity index (χ1n) is 11.3. The minimum atomic E-state index is 0.329. The Balaban J connectivity index is 1.31. The van der Waals surface area contributed by atoms with E-state index in [4.69, 9.17) is 9.47 Å². The van der Waals surface area contributed by atoms with Gasteiger partial charge >= 0.3 is 0 Å². The molecule has 6 nitrogen and oxygen atoms in total. The van der Waals surface area contributed by atoms with Crippen molar-refractivity contribution >= 4 is 5.96 Å². The van der Waals surface area contributed by atoms with Crippen molar-refractivity contribution in [3.63, 3.8) is 0 Å². The number of likely N-dealkylation sites (tertiary alicyclic amines) is 1. The van der Waals surface area contributed by atoms with Gasteiger partial charge in [-0.3, -0.25) is 4.99 Å². The highest BCUT2D eigenvalue weighted by molar-refractivity contribution is 5.80. The molecule has 0 spiro atoms. The summed E-state index contributed by atoms with van der Waals surface area (Å²) in [6.45, 7) is 3.10. The van der Waals surface area contributed by atoms with Gasteiger partial charge < -0.3 is 25.0 Å². The molecule has 0 aromatic heterocycles. The van der Waals surface area contributed by atoms with Crippen LogP contribution < -0.4 is 20.1 Å². The Morgan fingerprint density at radius 2 is 1.86 bits per heavy atom. The van der Waals surface area contributed by atoms with Gasteiger partial charge in [-0.2, -0.15) is 0 Å². The number of hydrogen-bond donors (Lipinski definition) is 2. The number of hydrogen-bond acceptors (Lipinski definition) is 4.